The van der Waals surface area contributed by atoms with Crippen LogP contribution in [0.1, 0.15) is 19.8 Å². The van der Waals surface area contributed by atoms with Gasteiger partial charge in [-0.15, -0.1) is 0 Å². The van der Waals surface area contributed by atoms with Crippen LogP contribution in [0.2, 0.25) is 0 Å². The predicted octanol–water partition coefficient (Wildman–Crippen LogP) is 0.373. The van der Waals surface area contributed by atoms with Gasteiger partial charge < -0.3 is 15.0 Å². The van der Waals surface area contributed by atoms with Crippen LogP contribution in [0.15, 0.2) is 0 Å². The summed E-state index contributed by atoms with van der Waals surface area (Å²) < 4.78 is 5.20. The third-order valence-corrected chi connectivity index (χ3v) is 3.43. The van der Waals surface area contributed by atoms with E-state index in [4.69, 9.17) is 4.74 Å². The summed E-state index contributed by atoms with van der Waals surface area (Å²) in [5.41, 5.74) is -0.885. The molecule has 1 unspecified atom stereocenters. The van der Waals surface area contributed by atoms with E-state index < -0.39 is 5.41 Å². The summed E-state index contributed by atoms with van der Waals surface area (Å²) in [5.74, 6) is -0.156. The maximum absolute atomic E-state index is 12.1. The SMILES string of the molecule is CC(CNC(=O)C1(C#N)CCOCC1)N(C)C. The Morgan fingerprint density at radius 2 is 2.12 bits per heavy atom. The van der Waals surface area contributed by atoms with Crippen LogP contribution in [-0.2, 0) is 9.53 Å². The van der Waals surface area contributed by atoms with Crippen molar-refractivity contribution >= 4 is 5.91 Å². The molecule has 1 heterocycles. The van der Waals surface area contributed by atoms with E-state index >= 15 is 0 Å². The Balaban J connectivity index is 2.53. The van der Waals surface area contributed by atoms with Crippen molar-refractivity contribution in [3.63, 3.8) is 0 Å². The lowest BCUT2D eigenvalue weighted by Gasteiger charge is -2.30. The lowest BCUT2D eigenvalue weighted by atomic mass is 9.81. The van der Waals surface area contributed by atoms with E-state index in [1.807, 2.05) is 25.9 Å². The van der Waals surface area contributed by atoms with Gasteiger partial charge in [-0.2, -0.15) is 5.26 Å². The molecule has 1 aliphatic rings. The van der Waals surface area contributed by atoms with Crippen LogP contribution in [0.25, 0.3) is 0 Å². The number of ether oxygens (including phenoxy) is 1. The van der Waals surface area contributed by atoms with Crippen LogP contribution in [0.3, 0.4) is 0 Å². The Hall–Kier alpha value is -1.12. The Kier molecular flexibility index (Phi) is 4.91. The highest BCUT2D eigenvalue weighted by molar-refractivity contribution is 5.85. The van der Waals surface area contributed by atoms with Gasteiger partial charge >= 0.3 is 0 Å². The maximum atomic E-state index is 12.1. The van der Waals surface area contributed by atoms with Gasteiger partial charge in [0.1, 0.15) is 5.41 Å². The third-order valence-electron chi connectivity index (χ3n) is 3.43. The molecule has 0 aromatic rings. The molecule has 1 N–H and O–H groups in total. The second kappa shape index (κ2) is 5.99. The third kappa shape index (κ3) is 3.42. The average Bonchev–Trinajstić information content (AvgIpc) is 2.36. The number of hydrogen-bond acceptors (Lipinski definition) is 4. The topological polar surface area (TPSA) is 65.4 Å². The zero-order chi connectivity index (χ0) is 12.9. The van der Waals surface area contributed by atoms with Crippen molar-refractivity contribution in [3.8, 4) is 6.07 Å². The molecule has 1 atom stereocenters. The van der Waals surface area contributed by atoms with Crippen LogP contribution in [0.4, 0.5) is 0 Å². The minimum atomic E-state index is -0.885. The van der Waals surface area contributed by atoms with Gasteiger partial charge in [-0.3, -0.25) is 4.79 Å². The minimum Gasteiger partial charge on any atom is -0.381 e. The number of likely N-dealkylation sites (N-methyl/N-ethyl adjacent to an activating group) is 1. The van der Waals surface area contributed by atoms with Crippen molar-refractivity contribution in [1.82, 2.24) is 10.2 Å². The van der Waals surface area contributed by atoms with Gasteiger partial charge in [-0.1, -0.05) is 0 Å². The molecule has 1 fully saturated rings. The summed E-state index contributed by atoms with van der Waals surface area (Å²) in [6.45, 7) is 3.58. The highest BCUT2D eigenvalue weighted by Crippen LogP contribution is 2.29. The first-order chi connectivity index (χ1) is 8.02. The Bertz CT molecular complexity index is 303. The molecule has 1 aliphatic heterocycles. The molecule has 0 bridgehead atoms. The van der Waals surface area contributed by atoms with Crippen molar-refractivity contribution in [2.75, 3.05) is 33.9 Å². The molecule has 0 aliphatic carbocycles. The number of amides is 1. The van der Waals surface area contributed by atoms with Gasteiger partial charge in [-0.25, -0.2) is 0 Å². The molecular formula is C12H21N3O2. The van der Waals surface area contributed by atoms with E-state index in [0.717, 1.165) is 0 Å². The normalized spacial score (nSPS) is 20.6. The second-order valence-corrected chi connectivity index (χ2v) is 4.83. The van der Waals surface area contributed by atoms with Gasteiger partial charge in [0.15, 0.2) is 0 Å². The summed E-state index contributed by atoms with van der Waals surface area (Å²) >= 11 is 0. The molecule has 17 heavy (non-hydrogen) atoms. The summed E-state index contributed by atoms with van der Waals surface area (Å²) in [7, 11) is 3.93. The van der Waals surface area contributed by atoms with Crippen LogP contribution >= 0.6 is 0 Å². The van der Waals surface area contributed by atoms with Crippen molar-refractivity contribution < 1.29 is 9.53 Å². The van der Waals surface area contributed by atoms with Gasteiger partial charge in [-0.05, 0) is 33.9 Å². The van der Waals surface area contributed by atoms with Gasteiger partial charge in [0.2, 0.25) is 5.91 Å². The fraction of sp³-hybridized carbons (Fsp3) is 0.833. The molecule has 1 saturated heterocycles. The largest absolute Gasteiger partial charge is 0.381 e. The first-order valence-corrected chi connectivity index (χ1v) is 5.95. The Labute approximate surface area is 103 Å². The van der Waals surface area contributed by atoms with E-state index in [2.05, 4.69) is 11.4 Å². The smallest absolute Gasteiger partial charge is 0.240 e. The quantitative estimate of drug-likeness (QED) is 0.770. The number of hydrogen-bond donors (Lipinski definition) is 1. The summed E-state index contributed by atoms with van der Waals surface area (Å²) in [6, 6.07) is 2.42. The first kappa shape index (κ1) is 13.9. The lowest BCUT2D eigenvalue weighted by molar-refractivity contribution is -0.132. The van der Waals surface area contributed by atoms with Crippen molar-refractivity contribution in [1.29, 1.82) is 5.26 Å². The van der Waals surface area contributed by atoms with E-state index in [0.29, 0.717) is 32.6 Å². The van der Waals surface area contributed by atoms with Crippen LogP contribution in [0.5, 0.6) is 0 Å². The van der Waals surface area contributed by atoms with Crippen molar-refractivity contribution in [3.05, 3.63) is 0 Å². The molecule has 5 heteroatoms. The zero-order valence-electron chi connectivity index (χ0n) is 10.8. The molecular weight excluding hydrogens is 218 g/mol. The summed E-state index contributed by atoms with van der Waals surface area (Å²) in [4.78, 5) is 14.1. The number of nitrogens with zero attached hydrogens (tertiary/aromatic N) is 2. The van der Waals surface area contributed by atoms with Crippen LogP contribution in [-0.4, -0.2) is 50.7 Å². The van der Waals surface area contributed by atoms with Crippen LogP contribution < -0.4 is 5.32 Å². The fourth-order valence-electron chi connectivity index (χ4n) is 1.70. The number of nitriles is 1. The van der Waals surface area contributed by atoms with Gasteiger partial charge in [0.25, 0.3) is 0 Å². The average molecular weight is 239 g/mol. The van der Waals surface area contributed by atoms with E-state index in [1.165, 1.54) is 0 Å². The van der Waals surface area contributed by atoms with Gasteiger partial charge in [0, 0.05) is 25.8 Å². The van der Waals surface area contributed by atoms with Crippen molar-refractivity contribution in [2.24, 2.45) is 5.41 Å². The molecule has 96 valence electrons. The highest BCUT2D eigenvalue weighted by Gasteiger charge is 2.40. The van der Waals surface area contributed by atoms with Crippen molar-refractivity contribution in [2.45, 2.75) is 25.8 Å². The highest BCUT2D eigenvalue weighted by atomic mass is 16.5. The monoisotopic (exact) mass is 239 g/mol. The molecule has 0 aromatic carbocycles. The minimum absolute atomic E-state index is 0.156. The molecule has 0 aromatic heterocycles. The summed E-state index contributed by atoms with van der Waals surface area (Å²) in [6.07, 6.45) is 0.983. The molecule has 1 amide bonds. The fourth-order valence-corrected chi connectivity index (χ4v) is 1.70. The molecule has 1 rings (SSSR count). The van der Waals surface area contributed by atoms with Gasteiger partial charge in [0.05, 0.1) is 6.07 Å². The predicted molar refractivity (Wildman–Crippen MR) is 64.3 cm³/mol. The number of carbonyl (C=O) groups excluding carboxylic acids is 1. The standard InChI is InChI=1S/C12H21N3O2/c1-10(15(2)3)8-14-11(16)12(9-13)4-6-17-7-5-12/h10H,4-8H2,1-3H3,(H,14,16). The second-order valence-electron chi connectivity index (χ2n) is 4.83. The number of carbonyl (C=O) groups is 1. The van der Waals surface area contributed by atoms with E-state index in [9.17, 15) is 10.1 Å². The van der Waals surface area contributed by atoms with E-state index in [-0.39, 0.29) is 11.9 Å². The number of nitrogens with one attached hydrogen (secondary N) is 1. The van der Waals surface area contributed by atoms with E-state index in [1.54, 1.807) is 0 Å². The molecule has 5 nitrogen and oxygen atoms in total. The number of rotatable bonds is 4. The first-order valence-electron chi connectivity index (χ1n) is 5.95. The lowest BCUT2D eigenvalue weighted by Crippen LogP contribution is -2.47. The van der Waals surface area contributed by atoms with Crippen LogP contribution in [0, 0.1) is 16.7 Å². The maximum Gasteiger partial charge on any atom is 0.240 e. The Morgan fingerprint density at radius 3 is 2.59 bits per heavy atom. The molecule has 0 spiro atoms. The Morgan fingerprint density at radius 1 is 1.53 bits per heavy atom. The molecule has 0 radical (unpaired) electrons. The zero-order valence-corrected chi connectivity index (χ0v) is 10.8. The molecule has 0 saturated carbocycles. The summed E-state index contributed by atoms with van der Waals surface area (Å²) in [5, 5.41) is 12.1.